The van der Waals surface area contributed by atoms with Gasteiger partial charge >= 0.3 is 0 Å². The van der Waals surface area contributed by atoms with Gasteiger partial charge in [-0.25, -0.2) is 0 Å². The molecule has 0 saturated heterocycles. The van der Waals surface area contributed by atoms with Crippen LogP contribution in [0.5, 0.6) is 0 Å². The molecule has 2 heterocycles. The van der Waals surface area contributed by atoms with Crippen molar-refractivity contribution in [1.82, 2.24) is 4.57 Å². The van der Waals surface area contributed by atoms with Crippen LogP contribution in [0.15, 0.2) is 29.2 Å². The Morgan fingerprint density at radius 2 is 2.14 bits per heavy atom. The van der Waals surface area contributed by atoms with Crippen molar-refractivity contribution in [2.75, 3.05) is 5.75 Å². The van der Waals surface area contributed by atoms with Crippen molar-refractivity contribution >= 4 is 28.4 Å². The highest BCUT2D eigenvalue weighted by atomic mass is 32.2. The molecule has 0 bridgehead atoms. The van der Waals surface area contributed by atoms with Crippen molar-refractivity contribution in [3.8, 4) is 0 Å². The number of para-hydroxylation sites is 1. The number of rotatable bonds is 0. The summed E-state index contributed by atoms with van der Waals surface area (Å²) >= 11 is 1.66. The SMILES string of the molecule is Cn1c2c(c3ccccc31)SCC2=O. The molecule has 0 radical (unpaired) electrons. The molecule has 3 heteroatoms. The van der Waals surface area contributed by atoms with Gasteiger partial charge in [0.05, 0.1) is 11.4 Å². The van der Waals surface area contributed by atoms with Gasteiger partial charge in [0.2, 0.25) is 0 Å². The van der Waals surface area contributed by atoms with E-state index in [9.17, 15) is 4.79 Å². The summed E-state index contributed by atoms with van der Waals surface area (Å²) in [6.07, 6.45) is 0. The number of carbonyl (C=O) groups excluding carboxylic acids is 1. The molecule has 0 aliphatic carbocycles. The molecule has 1 aromatic heterocycles. The van der Waals surface area contributed by atoms with Gasteiger partial charge in [0.1, 0.15) is 0 Å². The zero-order valence-corrected chi connectivity index (χ0v) is 8.60. The standard InChI is InChI=1S/C11H9NOS/c1-12-8-5-3-2-4-7(8)11-10(12)9(13)6-14-11/h2-5H,6H2,1H3. The third-order valence-electron chi connectivity index (χ3n) is 2.67. The second-order valence-corrected chi connectivity index (χ2v) is 4.45. The van der Waals surface area contributed by atoms with Gasteiger partial charge in [-0.3, -0.25) is 4.79 Å². The maximum Gasteiger partial charge on any atom is 0.190 e. The monoisotopic (exact) mass is 203 g/mol. The van der Waals surface area contributed by atoms with Crippen molar-refractivity contribution in [2.45, 2.75) is 4.90 Å². The summed E-state index contributed by atoms with van der Waals surface area (Å²) in [6.45, 7) is 0. The zero-order chi connectivity index (χ0) is 9.71. The molecule has 14 heavy (non-hydrogen) atoms. The minimum Gasteiger partial charge on any atom is -0.340 e. The van der Waals surface area contributed by atoms with E-state index < -0.39 is 0 Å². The molecule has 0 atom stereocenters. The van der Waals surface area contributed by atoms with Gasteiger partial charge in [-0.05, 0) is 6.07 Å². The third-order valence-corrected chi connectivity index (χ3v) is 3.78. The number of ketones is 1. The number of hydrogen-bond acceptors (Lipinski definition) is 2. The molecular formula is C11H9NOS. The van der Waals surface area contributed by atoms with Crippen LogP contribution in [0.1, 0.15) is 10.5 Å². The largest absolute Gasteiger partial charge is 0.340 e. The lowest BCUT2D eigenvalue weighted by atomic mass is 10.2. The molecule has 0 spiro atoms. The first kappa shape index (κ1) is 8.12. The molecule has 2 aromatic rings. The van der Waals surface area contributed by atoms with Crippen molar-refractivity contribution in [2.24, 2.45) is 7.05 Å². The lowest BCUT2D eigenvalue weighted by molar-refractivity contribution is 0.101. The van der Waals surface area contributed by atoms with E-state index in [4.69, 9.17) is 0 Å². The topological polar surface area (TPSA) is 22.0 Å². The van der Waals surface area contributed by atoms with Crippen LogP contribution in [-0.2, 0) is 7.05 Å². The Hall–Kier alpha value is -1.22. The summed E-state index contributed by atoms with van der Waals surface area (Å²) in [5.74, 6) is 0.854. The molecule has 1 aliphatic heterocycles. The van der Waals surface area contributed by atoms with E-state index in [-0.39, 0.29) is 5.78 Å². The van der Waals surface area contributed by atoms with Gasteiger partial charge in [0, 0.05) is 22.8 Å². The van der Waals surface area contributed by atoms with Gasteiger partial charge in [0.15, 0.2) is 5.78 Å². The molecule has 2 nitrogen and oxygen atoms in total. The molecule has 70 valence electrons. The summed E-state index contributed by atoms with van der Waals surface area (Å²) in [7, 11) is 1.96. The lowest BCUT2D eigenvalue weighted by Gasteiger charge is -1.98. The van der Waals surface area contributed by atoms with Crippen LogP contribution in [0.2, 0.25) is 0 Å². The first-order valence-electron chi connectivity index (χ1n) is 4.52. The predicted molar refractivity (Wildman–Crippen MR) is 58.0 cm³/mol. The summed E-state index contributed by atoms with van der Waals surface area (Å²) in [5, 5.41) is 1.21. The highest BCUT2D eigenvalue weighted by Crippen LogP contribution is 2.38. The van der Waals surface area contributed by atoms with Gasteiger partial charge in [-0.15, -0.1) is 11.8 Å². The van der Waals surface area contributed by atoms with E-state index in [2.05, 4.69) is 12.1 Å². The quantitative estimate of drug-likeness (QED) is 0.656. The number of benzene rings is 1. The summed E-state index contributed by atoms with van der Waals surface area (Å²) in [5.41, 5.74) is 2.04. The fourth-order valence-corrected chi connectivity index (χ4v) is 3.15. The Morgan fingerprint density at radius 3 is 3.00 bits per heavy atom. The second kappa shape index (κ2) is 2.64. The van der Waals surface area contributed by atoms with Crippen LogP contribution in [0.25, 0.3) is 10.9 Å². The normalized spacial score (nSPS) is 15.1. The summed E-state index contributed by atoms with van der Waals surface area (Å²) < 4.78 is 2.01. The van der Waals surface area contributed by atoms with Crippen LogP contribution in [0.3, 0.4) is 0 Å². The van der Waals surface area contributed by atoms with Gasteiger partial charge in [0.25, 0.3) is 0 Å². The minimum atomic E-state index is 0.253. The fraction of sp³-hybridized carbons (Fsp3) is 0.182. The number of thioether (sulfide) groups is 1. The minimum absolute atomic E-state index is 0.253. The van der Waals surface area contributed by atoms with Crippen molar-refractivity contribution in [3.63, 3.8) is 0 Å². The summed E-state index contributed by atoms with van der Waals surface area (Å²) in [6, 6.07) is 8.17. The summed E-state index contributed by atoms with van der Waals surface area (Å²) in [4.78, 5) is 12.8. The first-order chi connectivity index (χ1) is 6.79. The van der Waals surface area contributed by atoms with Crippen LogP contribution >= 0.6 is 11.8 Å². The van der Waals surface area contributed by atoms with Crippen LogP contribution < -0.4 is 0 Å². The lowest BCUT2D eigenvalue weighted by Crippen LogP contribution is -2.03. The number of Topliss-reactive ketones (excluding diaryl/α,β-unsaturated/α-hetero) is 1. The smallest absolute Gasteiger partial charge is 0.190 e. The number of fused-ring (bicyclic) bond motifs is 3. The third kappa shape index (κ3) is 0.852. The van der Waals surface area contributed by atoms with E-state index in [1.165, 1.54) is 5.39 Å². The second-order valence-electron chi connectivity index (χ2n) is 3.47. The number of carbonyl (C=O) groups is 1. The van der Waals surface area contributed by atoms with E-state index in [1.807, 2.05) is 23.7 Å². The molecule has 0 amide bonds. The van der Waals surface area contributed by atoms with Crippen LogP contribution in [-0.4, -0.2) is 16.1 Å². The average Bonchev–Trinajstić information content (AvgIpc) is 2.70. The maximum absolute atomic E-state index is 11.6. The Kier molecular flexibility index (Phi) is 1.53. The van der Waals surface area contributed by atoms with Crippen molar-refractivity contribution in [3.05, 3.63) is 30.0 Å². The van der Waals surface area contributed by atoms with E-state index >= 15 is 0 Å². The van der Waals surface area contributed by atoms with Crippen LogP contribution in [0, 0.1) is 0 Å². The van der Waals surface area contributed by atoms with Crippen molar-refractivity contribution < 1.29 is 4.79 Å². The Labute approximate surface area is 85.9 Å². The van der Waals surface area contributed by atoms with E-state index in [1.54, 1.807) is 11.8 Å². The number of hydrogen-bond donors (Lipinski definition) is 0. The Morgan fingerprint density at radius 1 is 1.36 bits per heavy atom. The predicted octanol–water partition coefficient (Wildman–Crippen LogP) is 2.47. The number of aryl methyl sites for hydroxylation is 1. The Balaban J connectivity index is 2.51. The van der Waals surface area contributed by atoms with Gasteiger partial charge in [-0.2, -0.15) is 0 Å². The van der Waals surface area contributed by atoms with Crippen molar-refractivity contribution in [1.29, 1.82) is 0 Å². The fourth-order valence-electron chi connectivity index (χ4n) is 2.02. The highest BCUT2D eigenvalue weighted by molar-refractivity contribution is 8.00. The van der Waals surface area contributed by atoms with E-state index in [0.29, 0.717) is 5.75 Å². The number of nitrogens with zero attached hydrogens (tertiary/aromatic N) is 1. The molecule has 3 rings (SSSR count). The maximum atomic E-state index is 11.6. The highest BCUT2D eigenvalue weighted by Gasteiger charge is 2.26. The average molecular weight is 203 g/mol. The Bertz CT molecular complexity index is 541. The van der Waals surface area contributed by atoms with E-state index in [0.717, 1.165) is 16.1 Å². The van der Waals surface area contributed by atoms with Gasteiger partial charge in [-0.1, -0.05) is 18.2 Å². The molecule has 0 fully saturated rings. The van der Waals surface area contributed by atoms with Crippen LogP contribution in [0.4, 0.5) is 0 Å². The van der Waals surface area contributed by atoms with Gasteiger partial charge < -0.3 is 4.57 Å². The zero-order valence-electron chi connectivity index (χ0n) is 7.78. The molecule has 1 aromatic carbocycles. The molecule has 1 aliphatic rings. The molecule has 0 saturated carbocycles. The number of aromatic nitrogens is 1. The molecule has 0 unspecified atom stereocenters. The first-order valence-corrected chi connectivity index (χ1v) is 5.51. The molecular weight excluding hydrogens is 194 g/mol. The molecule has 0 N–H and O–H groups in total.